The summed E-state index contributed by atoms with van der Waals surface area (Å²) < 4.78 is 38.7. The predicted octanol–water partition coefficient (Wildman–Crippen LogP) is 0.520. The van der Waals surface area contributed by atoms with E-state index in [0.29, 0.717) is 0 Å². The molecule has 9 heteroatoms. The molecular weight excluding hydrogens is 303 g/mol. The van der Waals surface area contributed by atoms with Gasteiger partial charge in [-0.3, -0.25) is 4.79 Å². The molecule has 21 heavy (non-hydrogen) atoms. The number of methoxy groups -OCH3 is 1. The van der Waals surface area contributed by atoms with Gasteiger partial charge in [-0.2, -0.15) is 8.42 Å². The van der Waals surface area contributed by atoms with E-state index in [2.05, 4.69) is 9.72 Å². The van der Waals surface area contributed by atoms with Gasteiger partial charge in [-0.15, -0.1) is 3.89 Å². The van der Waals surface area contributed by atoms with Gasteiger partial charge in [0.05, 0.1) is 18.6 Å². The Morgan fingerprint density at radius 1 is 1.57 bits per heavy atom. The Bertz CT molecular complexity index is 676. The molecule has 1 saturated heterocycles. The lowest BCUT2D eigenvalue weighted by Gasteiger charge is -2.18. The van der Waals surface area contributed by atoms with Crippen molar-refractivity contribution in [2.75, 3.05) is 24.3 Å². The lowest BCUT2D eigenvalue weighted by Crippen LogP contribution is -2.28. The molecule has 2 rings (SSSR count). The van der Waals surface area contributed by atoms with Gasteiger partial charge in [-0.1, -0.05) is 0 Å². The van der Waals surface area contributed by atoms with Crippen LogP contribution < -0.4 is 4.90 Å². The van der Waals surface area contributed by atoms with Gasteiger partial charge < -0.3 is 9.64 Å². The van der Waals surface area contributed by atoms with Gasteiger partial charge in [0.2, 0.25) is 5.91 Å². The molecule has 1 atom stereocenters. The standard InChI is InChI=1S/C12H13FN2O5S/c1-20-12(17)11-9(3-2-4-14-11)15-6-8(5-10(15)16)7-21(13,18)19/h2-4,8H,5-7H2,1H3. The molecule has 1 unspecified atom stereocenters. The van der Waals surface area contributed by atoms with Crippen molar-refractivity contribution in [1.29, 1.82) is 0 Å². The molecule has 0 N–H and O–H groups in total. The molecule has 1 aliphatic rings. The number of hydrogen-bond donors (Lipinski definition) is 0. The SMILES string of the molecule is COC(=O)c1ncccc1N1CC(CS(=O)(=O)F)CC1=O. The lowest BCUT2D eigenvalue weighted by atomic mass is 10.1. The van der Waals surface area contributed by atoms with Crippen LogP contribution in [-0.2, 0) is 19.8 Å². The Kier molecular flexibility index (Phi) is 4.21. The molecule has 2 heterocycles. The van der Waals surface area contributed by atoms with Crippen LogP contribution in [0.1, 0.15) is 16.9 Å². The number of aromatic nitrogens is 1. The average Bonchev–Trinajstić information content (AvgIpc) is 2.76. The van der Waals surface area contributed by atoms with Crippen molar-refractivity contribution >= 4 is 27.8 Å². The van der Waals surface area contributed by atoms with Gasteiger partial charge in [0.1, 0.15) is 0 Å². The number of anilines is 1. The first kappa shape index (κ1) is 15.4. The van der Waals surface area contributed by atoms with Crippen LogP contribution in [0.5, 0.6) is 0 Å². The number of rotatable bonds is 4. The van der Waals surface area contributed by atoms with Crippen LogP contribution in [0.4, 0.5) is 9.57 Å². The predicted molar refractivity (Wildman–Crippen MR) is 70.9 cm³/mol. The van der Waals surface area contributed by atoms with E-state index in [1.807, 2.05) is 0 Å². The summed E-state index contributed by atoms with van der Waals surface area (Å²) in [6.45, 7) is 0.0116. The smallest absolute Gasteiger partial charge is 0.358 e. The molecule has 1 fully saturated rings. The molecule has 1 amide bonds. The summed E-state index contributed by atoms with van der Waals surface area (Å²) in [7, 11) is -3.47. The second-order valence-electron chi connectivity index (χ2n) is 4.64. The summed E-state index contributed by atoms with van der Waals surface area (Å²) in [5.41, 5.74) is 0.185. The van der Waals surface area contributed by atoms with E-state index in [0.717, 1.165) is 0 Å². The maximum Gasteiger partial charge on any atom is 0.358 e. The molecular formula is C12H13FN2O5S. The van der Waals surface area contributed by atoms with E-state index in [4.69, 9.17) is 0 Å². The van der Waals surface area contributed by atoms with E-state index >= 15 is 0 Å². The van der Waals surface area contributed by atoms with Gasteiger partial charge in [-0.25, -0.2) is 9.78 Å². The van der Waals surface area contributed by atoms with Crippen LogP contribution in [-0.4, -0.2) is 44.7 Å². The number of nitrogens with zero attached hydrogens (tertiary/aromatic N) is 2. The molecule has 7 nitrogen and oxygen atoms in total. The highest BCUT2D eigenvalue weighted by Crippen LogP contribution is 2.28. The second kappa shape index (κ2) is 5.76. The van der Waals surface area contributed by atoms with E-state index in [1.54, 1.807) is 0 Å². The number of hydrogen-bond acceptors (Lipinski definition) is 6. The van der Waals surface area contributed by atoms with Gasteiger partial charge in [0.15, 0.2) is 5.69 Å². The first-order chi connectivity index (χ1) is 9.81. The minimum atomic E-state index is -4.65. The molecule has 0 aliphatic carbocycles. The third-order valence-corrected chi connectivity index (χ3v) is 3.97. The first-order valence-electron chi connectivity index (χ1n) is 6.08. The highest BCUT2D eigenvalue weighted by molar-refractivity contribution is 7.86. The third-order valence-electron chi connectivity index (χ3n) is 3.10. The zero-order chi connectivity index (χ0) is 15.6. The minimum absolute atomic E-state index is 0.0116. The molecule has 1 aromatic heterocycles. The number of carbonyl (C=O) groups is 2. The van der Waals surface area contributed by atoms with Crippen molar-refractivity contribution < 1.29 is 26.6 Å². The maximum atomic E-state index is 12.7. The third kappa shape index (κ3) is 3.54. The Morgan fingerprint density at radius 3 is 2.90 bits per heavy atom. The largest absolute Gasteiger partial charge is 0.464 e. The van der Waals surface area contributed by atoms with Crippen LogP contribution in [0.15, 0.2) is 18.3 Å². The number of esters is 1. The van der Waals surface area contributed by atoms with E-state index in [9.17, 15) is 21.9 Å². The monoisotopic (exact) mass is 316 g/mol. The minimum Gasteiger partial charge on any atom is -0.464 e. The topological polar surface area (TPSA) is 93.6 Å². The summed E-state index contributed by atoms with van der Waals surface area (Å²) in [4.78, 5) is 28.7. The van der Waals surface area contributed by atoms with Gasteiger partial charge in [0, 0.05) is 25.1 Å². The molecule has 0 spiro atoms. The van der Waals surface area contributed by atoms with Crippen molar-refractivity contribution in [1.82, 2.24) is 4.98 Å². The molecule has 0 saturated carbocycles. The first-order valence-corrected chi connectivity index (χ1v) is 7.63. The van der Waals surface area contributed by atoms with E-state index < -0.39 is 27.9 Å². The average molecular weight is 316 g/mol. The van der Waals surface area contributed by atoms with Gasteiger partial charge >= 0.3 is 16.2 Å². The van der Waals surface area contributed by atoms with Gasteiger partial charge in [-0.05, 0) is 12.1 Å². The van der Waals surface area contributed by atoms with Crippen molar-refractivity contribution in [3.05, 3.63) is 24.0 Å². The summed E-state index contributed by atoms with van der Waals surface area (Å²) >= 11 is 0. The Morgan fingerprint density at radius 2 is 2.29 bits per heavy atom. The van der Waals surface area contributed by atoms with Crippen molar-refractivity contribution in [3.8, 4) is 0 Å². The Labute approximate surface area is 120 Å². The zero-order valence-electron chi connectivity index (χ0n) is 11.2. The fourth-order valence-electron chi connectivity index (χ4n) is 2.28. The molecule has 114 valence electrons. The summed E-state index contributed by atoms with van der Waals surface area (Å²) in [6, 6.07) is 3.04. The van der Waals surface area contributed by atoms with Crippen molar-refractivity contribution in [2.24, 2.45) is 5.92 Å². The highest BCUT2D eigenvalue weighted by atomic mass is 32.3. The molecule has 0 radical (unpaired) electrons. The number of ether oxygens (including phenoxy) is 1. The maximum absolute atomic E-state index is 12.7. The number of pyridine rings is 1. The molecule has 1 aromatic rings. The fraction of sp³-hybridized carbons (Fsp3) is 0.417. The quantitative estimate of drug-likeness (QED) is 0.594. The lowest BCUT2D eigenvalue weighted by molar-refractivity contribution is -0.117. The fourth-order valence-corrected chi connectivity index (χ4v) is 3.06. The Balaban J connectivity index is 2.27. The van der Waals surface area contributed by atoms with Crippen molar-refractivity contribution in [2.45, 2.75) is 6.42 Å². The van der Waals surface area contributed by atoms with Crippen LogP contribution in [0.25, 0.3) is 0 Å². The zero-order valence-corrected chi connectivity index (χ0v) is 12.0. The summed E-state index contributed by atoms with van der Waals surface area (Å²) in [5, 5.41) is 0. The molecule has 1 aliphatic heterocycles. The van der Waals surface area contributed by atoms with E-state index in [1.165, 1.54) is 30.3 Å². The summed E-state index contributed by atoms with van der Waals surface area (Å²) in [6.07, 6.45) is 1.28. The summed E-state index contributed by atoms with van der Waals surface area (Å²) in [5.74, 6) is -2.47. The van der Waals surface area contributed by atoms with Crippen LogP contribution in [0.3, 0.4) is 0 Å². The Hall–Kier alpha value is -2.03. The second-order valence-corrected chi connectivity index (χ2v) is 6.05. The highest BCUT2D eigenvalue weighted by Gasteiger charge is 2.35. The van der Waals surface area contributed by atoms with Crippen LogP contribution in [0, 0.1) is 5.92 Å². The molecule has 0 aromatic carbocycles. The van der Waals surface area contributed by atoms with Crippen molar-refractivity contribution in [3.63, 3.8) is 0 Å². The van der Waals surface area contributed by atoms with Crippen LogP contribution in [0.2, 0.25) is 0 Å². The van der Waals surface area contributed by atoms with E-state index in [-0.39, 0.29) is 30.3 Å². The molecule has 0 bridgehead atoms. The van der Waals surface area contributed by atoms with Gasteiger partial charge in [0.25, 0.3) is 0 Å². The number of carbonyl (C=O) groups excluding carboxylic acids is 2. The number of amides is 1. The number of halogens is 1. The normalized spacial score (nSPS) is 18.9. The van der Waals surface area contributed by atoms with Crippen LogP contribution >= 0.6 is 0 Å².